The van der Waals surface area contributed by atoms with Crippen LogP contribution in [0.25, 0.3) is 0 Å². The fourth-order valence-corrected chi connectivity index (χ4v) is 2.45. The zero-order chi connectivity index (χ0) is 16.5. The van der Waals surface area contributed by atoms with Crippen molar-refractivity contribution in [1.82, 2.24) is 15.5 Å². The van der Waals surface area contributed by atoms with E-state index in [9.17, 15) is 4.79 Å². The summed E-state index contributed by atoms with van der Waals surface area (Å²) < 4.78 is 9.99. The molecular weight excluding hydrogens is 314 g/mol. The number of ether oxygens (including phenoxy) is 2. The van der Waals surface area contributed by atoms with Gasteiger partial charge in [-0.2, -0.15) is 0 Å². The van der Waals surface area contributed by atoms with Gasteiger partial charge in [0.1, 0.15) is 0 Å². The monoisotopic (exact) mass is 337 g/mol. The zero-order valence-electron chi connectivity index (χ0n) is 13.3. The molecule has 1 saturated heterocycles. The molecule has 0 amide bonds. The Morgan fingerprint density at radius 1 is 1.26 bits per heavy atom. The molecule has 0 unspecified atom stereocenters. The maximum Gasteiger partial charge on any atom is 0.337 e. The lowest BCUT2D eigenvalue weighted by molar-refractivity contribution is 0.0389. The van der Waals surface area contributed by atoms with Crippen molar-refractivity contribution in [3.05, 3.63) is 35.4 Å². The summed E-state index contributed by atoms with van der Waals surface area (Å²) in [5, 5.41) is 7.00. The van der Waals surface area contributed by atoms with E-state index < -0.39 is 0 Å². The predicted molar refractivity (Wildman–Crippen MR) is 92.5 cm³/mol. The van der Waals surface area contributed by atoms with Crippen LogP contribution in [0.15, 0.2) is 24.3 Å². The van der Waals surface area contributed by atoms with Crippen molar-refractivity contribution in [2.45, 2.75) is 6.54 Å². The van der Waals surface area contributed by atoms with Gasteiger partial charge in [0, 0.05) is 32.7 Å². The summed E-state index contributed by atoms with van der Waals surface area (Å²) in [5.41, 5.74) is 1.59. The molecule has 1 aromatic carbocycles. The molecule has 7 heteroatoms. The summed E-state index contributed by atoms with van der Waals surface area (Å²) in [7, 11) is 1.37. The Hall–Kier alpha value is -1.70. The summed E-state index contributed by atoms with van der Waals surface area (Å²) in [6.07, 6.45) is 0. The Kier molecular flexibility index (Phi) is 7.25. The van der Waals surface area contributed by atoms with Gasteiger partial charge < -0.3 is 20.1 Å². The number of benzene rings is 1. The largest absolute Gasteiger partial charge is 0.465 e. The van der Waals surface area contributed by atoms with Crippen LogP contribution >= 0.6 is 12.2 Å². The van der Waals surface area contributed by atoms with Crippen LogP contribution in [0.4, 0.5) is 0 Å². The summed E-state index contributed by atoms with van der Waals surface area (Å²) in [6, 6.07) is 7.26. The van der Waals surface area contributed by atoms with E-state index in [0.717, 1.165) is 45.0 Å². The van der Waals surface area contributed by atoms with Crippen LogP contribution in [0, 0.1) is 0 Å². The van der Waals surface area contributed by atoms with Crippen molar-refractivity contribution < 1.29 is 14.3 Å². The van der Waals surface area contributed by atoms with Crippen LogP contribution in [-0.2, 0) is 16.0 Å². The number of nitrogens with one attached hydrogen (secondary N) is 2. The molecule has 1 aromatic rings. The van der Waals surface area contributed by atoms with Gasteiger partial charge in [-0.15, -0.1) is 0 Å². The Bertz CT molecular complexity index is 516. The number of methoxy groups -OCH3 is 1. The van der Waals surface area contributed by atoms with Gasteiger partial charge in [0.25, 0.3) is 0 Å². The Labute approximate surface area is 142 Å². The molecule has 0 saturated carbocycles. The molecule has 0 atom stereocenters. The summed E-state index contributed by atoms with van der Waals surface area (Å²) in [5.74, 6) is -0.329. The second-order valence-electron chi connectivity index (χ2n) is 5.25. The highest BCUT2D eigenvalue weighted by molar-refractivity contribution is 7.80. The third-order valence-corrected chi connectivity index (χ3v) is 3.93. The highest BCUT2D eigenvalue weighted by Gasteiger charge is 2.09. The number of hydrogen-bond donors (Lipinski definition) is 2. The van der Waals surface area contributed by atoms with Crippen molar-refractivity contribution in [1.29, 1.82) is 0 Å². The molecule has 1 aliphatic rings. The molecule has 2 rings (SSSR count). The average Bonchev–Trinajstić information content (AvgIpc) is 2.60. The summed E-state index contributed by atoms with van der Waals surface area (Å²) in [4.78, 5) is 13.7. The number of nitrogens with zero attached hydrogens (tertiary/aromatic N) is 1. The van der Waals surface area contributed by atoms with E-state index in [2.05, 4.69) is 20.3 Å². The fourth-order valence-electron chi connectivity index (χ4n) is 2.27. The first kappa shape index (κ1) is 17.7. The van der Waals surface area contributed by atoms with Gasteiger partial charge in [-0.1, -0.05) is 12.1 Å². The van der Waals surface area contributed by atoms with E-state index >= 15 is 0 Å². The number of esters is 1. The number of hydrogen-bond acceptors (Lipinski definition) is 5. The molecule has 1 fully saturated rings. The van der Waals surface area contributed by atoms with Gasteiger partial charge >= 0.3 is 5.97 Å². The quantitative estimate of drug-likeness (QED) is 0.587. The summed E-state index contributed by atoms with van der Waals surface area (Å²) >= 11 is 5.27. The van der Waals surface area contributed by atoms with Crippen LogP contribution < -0.4 is 10.6 Å². The van der Waals surface area contributed by atoms with Crippen molar-refractivity contribution in [2.24, 2.45) is 0 Å². The second kappa shape index (κ2) is 9.44. The molecule has 1 heterocycles. The Balaban J connectivity index is 1.64. The first-order valence-electron chi connectivity index (χ1n) is 7.68. The van der Waals surface area contributed by atoms with E-state index in [1.807, 2.05) is 12.1 Å². The van der Waals surface area contributed by atoms with Gasteiger partial charge in [0.2, 0.25) is 0 Å². The molecule has 0 spiro atoms. The standard InChI is InChI=1S/C16H23N3O3S/c1-21-15(20)14-4-2-13(3-5-14)12-18-16(23)17-6-7-19-8-10-22-11-9-19/h2-5H,6-12H2,1H3,(H2,17,18,23). The van der Waals surface area contributed by atoms with Crippen LogP contribution in [0.2, 0.25) is 0 Å². The molecule has 0 aliphatic carbocycles. The van der Waals surface area contributed by atoms with Crippen LogP contribution in [0.3, 0.4) is 0 Å². The third-order valence-electron chi connectivity index (χ3n) is 3.65. The number of thiocarbonyl (C=S) groups is 1. The number of rotatable bonds is 6. The van der Waals surface area contributed by atoms with Crippen LogP contribution in [0.5, 0.6) is 0 Å². The molecule has 126 valence electrons. The van der Waals surface area contributed by atoms with Crippen LogP contribution in [-0.4, -0.2) is 62.5 Å². The number of morpholine rings is 1. The molecule has 1 aliphatic heterocycles. The average molecular weight is 337 g/mol. The minimum absolute atomic E-state index is 0.329. The van der Waals surface area contributed by atoms with E-state index in [4.69, 9.17) is 17.0 Å². The SMILES string of the molecule is COC(=O)c1ccc(CNC(=S)NCCN2CCOCC2)cc1. The van der Waals surface area contributed by atoms with Gasteiger partial charge in [0.15, 0.2) is 5.11 Å². The normalized spacial score (nSPS) is 15.0. The number of carbonyl (C=O) groups excluding carboxylic acids is 1. The first-order valence-corrected chi connectivity index (χ1v) is 8.09. The lowest BCUT2D eigenvalue weighted by Gasteiger charge is -2.26. The van der Waals surface area contributed by atoms with Crippen LogP contribution in [0.1, 0.15) is 15.9 Å². The Morgan fingerprint density at radius 2 is 1.96 bits per heavy atom. The Morgan fingerprint density at radius 3 is 2.61 bits per heavy atom. The van der Waals surface area contributed by atoms with Crippen molar-refractivity contribution in [3.63, 3.8) is 0 Å². The van der Waals surface area contributed by atoms with Crippen molar-refractivity contribution in [3.8, 4) is 0 Å². The minimum Gasteiger partial charge on any atom is -0.465 e. The molecule has 0 bridgehead atoms. The second-order valence-corrected chi connectivity index (χ2v) is 5.66. The molecule has 2 N–H and O–H groups in total. The molecule has 0 aromatic heterocycles. The fraction of sp³-hybridized carbons (Fsp3) is 0.500. The number of carbonyl (C=O) groups is 1. The highest BCUT2D eigenvalue weighted by atomic mass is 32.1. The first-order chi connectivity index (χ1) is 11.2. The zero-order valence-corrected chi connectivity index (χ0v) is 14.2. The molecule has 6 nitrogen and oxygen atoms in total. The van der Waals surface area contributed by atoms with Gasteiger partial charge in [-0.05, 0) is 29.9 Å². The maximum atomic E-state index is 11.4. The van der Waals surface area contributed by atoms with Crippen molar-refractivity contribution in [2.75, 3.05) is 46.5 Å². The van der Waals surface area contributed by atoms with E-state index in [1.165, 1.54) is 7.11 Å². The summed E-state index contributed by atoms with van der Waals surface area (Å²) in [6.45, 7) is 5.97. The lowest BCUT2D eigenvalue weighted by atomic mass is 10.1. The minimum atomic E-state index is -0.329. The highest BCUT2D eigenvalue weighted by Crippen LogP contribution is 2.05. The maximum absolute atomic E-state index is 11.4. The molecular formula is C16H23N3O3S. The van der Waals surface area contributed by atoms with E-state index in [0.29, 0.717) is 17.2 Å². The topological polar surface area (TPSA) is 62.8 Å². The smallest absolute Gasteiger partial charge is 0.337 e. The van der Waals surface area contributed by atoms with E-state index in [-0.39, 0.29) is 5.97 Å². The van der Waals surface area contributed by atoms with Gasteiger partial charge in [-0.3, -0.25) is 4.90 Å². The third kappa shape index (κ3) is 6.13. The van der Waals surface area contributed by atoms with E-state index in [1.54, 1.807) is 12.1 Å². The van der Waals surface area contributed by atoms with Crippen molar-refractivity contribution >= 4 is 23.3 Å². The van der Waals surface area contributed by atoms with Gasteiger partial charge in [-0.25, -0.2) is 4.79 Å². The lowest BCUT2D eigenvalue weighted by Crippen LogP contribution is -2.43. The predicted octanol–water partition coefficient (Wildman–Crippen LogP) is 0.769. The molecule has 23 heavy (non-hydrogen) atoms. The van der Waals surface area contributed by atoms with Gasteiger partial charge in [0.05, 0.1) is 25.9 Å². The molecule has 0 radical (unpaired) electrons.